The van der Waals surface area contributed by atoms with Gasteiger partial charge in [-0.2, -0.15) is 0 Å². The van der Waals surface area contributed by atoms with Crippen LogP contribution in [0.4, 0.5) is 0 Å². The van der Waals surface area contributed by atoms with Crippen molar-refractivity contribution in [3.05, 3.63) is 90.4 Å². The van der Waals surface area contributed by atoms with Crippen LogP contribution in [0.1, 0.15) is 28.2 Å². The fourth-order valence-electron chi connectivity index (χ4n) is 2.92. The number of hydrogen-bond donors (Lipinski definition) is 2. The number of benzene rings is 2. The highest BCUT2D eigenvalue weighted by molar-refractivity contribution is 5.89. The van der Waals surface area contributed by atoms with Gasteiger partial charge < -0.3 is 20.4 Å². The van der Waals surface area contributed by atoms with E-state index < -0.39 is 5.91 Å². The third-order valence-corrected chi connectivity index (χ3v) is 4.51. The summed E-state index contributed by atoms with van der Waals surface area (Å²) in [5, 5.41) is 2.84. The lowest BCUT2D eigenvalue weighted by Gasteiger charge is -2.08. The van der Waals surface area contributed by atoms with Gasteiger partial charge in [0.15, 0.2) is 5.82 Å². The van der Waals surface area contributed by atoms with Crippen molar-refractivity contribution in [3.8, 4) is 5.75 Å². The predicted octanol–water partition coefficient (Wildman–Crippen LogP) is 2.51. The number of carbonyl (C=O) groups excluding carboxylic acids is 2. The van der Waals surface area contributed by atoms with E-state index in [-0.39, 0.29) is 11.7 Å². The molecule has 2 amide bonds. The first-order chi connectivity index (χ1) is 14.6. The van der Waals surface area contributed by atoms with Gasteiger partial charge >= 0.3 is 0 Å². The molecule has 0 aliphatic carbocycles. The number of carbonyl (C=O) groups is 2. The van der Waals surface area contributed by atoms with E-state index in [9.17, 15) is 9.59 Å². The smallest absolute Gasteiger partial charge is 0.284 e. The van der Waals surface area contributed by atoms with E-state index in [1.54, 1.807) is 17.2 Å². The topological polar surface area (TPSA) is 99.2 Å². The average Bonchev–Trinajstić information content (AvgIpc) is 3.24. The SMILES string of the molecule is NC(=O)c1nccn1CCCNC(=O)[CH]Cc1ccc(OCc2ccccc2)cc1. The number of hydrogen-bond acceptors (Lipinski definition) is 4. The summed E-state index contributed by atoms with van der Waals surface area (Å²) < 4.78 is 7.45. The van der Waals surface area contributed by atoms with Crippen LogP contribution in [0.2, 0.25) is 0 Å². The van der Waals surface area contributed by atoms with E-state index in [2.05, 4.69) is 10.3 Å². The fraction of sp³-hybridized carbons (Fsp3) is 0.217. The maximum absolute atomic E-state index is 12.0. The predicted molar refractivity (Wildman–Crippen MR) is 114 cm³/mol. The number of nitrogens with zero attached hydrogens (tertiary/aromatic N) is 2. The van der Waals surface area contributed by atoms with Crippen molar-refractivity contribution >= 4 is 11.8 Å². The first-order valence-electron chi connectivity index (χ1n) is 9.79. The number of rotatable bonds is 11. The summed E-state index contributed by atoms with van der Waals surface area (Å²) in [5.74, 6) is 0.333. The minimum absolute atomic E-state index is 0.125. The second-order valence-electron chi connectivity index (χ2n) is 6.78. The Kier molecular flexibility index (Phi) is 7.60. The Bertz CT molecular complexity index is 952. The third-order valence-electron chi connectivity index (χ3n) is 4.51. The molecular weight excluding hydrogens is 380 g/mol. The van der Waals surface area contributed by atoms with Crippen molar-refractivity contribution in [2.45, 2.75) is 26.0 Å². The summed E-state index contributed by atoms with van der Waals surface area (Å²) in [5.41, 5.74) is 7.40. The Morgan fingerprint density at radius 2 is 1.83 bits per heavy atom. The summed E-state index contributed by atoms with van der Waals surface area (Å²) in [4.78, 5) is 27.1. The monoisotopic (exact) mass is 405 g/mol. The minimum atomic E-state index is -0.561. The molecule has 0 saturated carbocycles. The van der Waals surface area contributed by atoms with E-state index in [1.165, 1.54) is 6.20 Å². The molecule has 3 aromatic rings. The summed E-state index contributed by atoms with van der Waals surface area (Å²) in [6, 6.07) is 17.7. The quantitative estimate of drug-likeness (QED) is 0.479. The van der Waals surface area contributed by atoms with Crippen LogP contribution in [0.3, 0.4) is 0 Å². The zero-order valence-electron chi connectivity index (χ0n) is 16.7. The van der Waals surface area contributed by atoms with Crippen molar-refractivity contribution < 1.29 is 14.3 Å². The van der Waals surface area contributed by atoms with Gasteiger partial charge in [0.1, 0.15) is 12.4 Å². The van der Waals surface area contributed by atoms with Gasteiger partial charge in [0, 0.05) is 25.5 Å². The average molecular weight is 405 g/mol. The maximum Gasteiger partial charge on any atom is 0.284 e. The second kappa shape index (κ2) is 10.8. The van der Waals surface area contributed by atoms with Gasteiger partial charge in [0.25, 0.3) is 5.91 Å². The molecule has 3 rings (SSSR count). The van der Waals surface area contributed by atoms with Gasteiger partial charge in [-0.1, -0.05) is 42.5 Å². The normalized spacial score (nSPS) is 10.5. The van der Waals surface area contributed by atoms with Gasteiger partial charge in [0.05, 0.1) is 6.42 Å². The van der Waals surface area contributed by atoms with Gasteiger partial charge in [-0.25, -0.2) is 4.98 Å². The van der Waals surface area contributed by atoms with E-state index in [0.29, 0.717) is 32.5 Å². The largest absolute Gasteiger partial charge is 0.489 e. The van der Waals surface area contributed by atoms with Crippen LogP contribution >= 0.6 is 0 Å². The molecule has 7 nitrogen and oxygen atoms in total. The zero-order valence-corrected chi connectivity index (χ0v) is 16.7. The highest BCUT2D eigenvalue weighted by atomic mass is 16.5. The number of primary amides is 1. The Labute approximate surface area is 175 Å². The van der Waals surface area contributed by atoms with Gasteiger partial charge in [-0.05, 0) is 36.1 Å². The van der Waals surface area contributed by atoms with Crippen LogP contribution in [0.25, 0.3) is 0 Å². The number of nitrogens with two attached hydrogens (primary N) is 1. The molecule has 0 aliphatic heterocycles. The van der Waals surface area contributed by atoms with Crippen LogP contribution in [0, 0.1) is 6.42 Å². The summed E-state index contributed by atoms with van der Waals surface area (Å²) in [6.07, 6.45) is 6.05. The summed E-state index contributed by atoms with van der Waals surface area (Å²) >= 11 is 0. The molecule has 2 aromatic carbocycles. The van der Waals surface area contributed by atoms with Crippen molar-refractivity contribution in [1.82, 2.24) is 14.9 Å². The standard InChI is InChI=1S/C23H25N4O3/c24-22(29)23-26-14-16-27(23)15-4-13-25-21(28)12-9-18-7-10-20(11-8-18)30-17-19-5-2-1-3-6-19/h1-3,5-8,10-12,14,16H,4,9,13,15,17H2,(H2,24,29)(H,25,28). The maximum atomic E-state index is 12.0. The van der Waals surface area contributed by atoms with Crippen LogP contribution in [-0.2, 0) is 24.4 Å². The molecule has 7 heteroatoms. The molecule has 1 heterocycles. The molecule has 1 radical (unpaired) electrons. The molecule has 0 bridgehead atoms. The minimum Gasteiger partial charge on any atom is -0.489 e. The number of amides is 2. The molecule has 0 spiro atoms. The molecule has 0 unspecified atom stereocenters. The third kappa shape index (κ3) is 6.48. The molecule has 0 saturated heterocycles. The molecule has 1 aromatic heterocycles. The van der Waals surface area contributed by atoms with E-state index >= 15 is 0 Å². The lowest BCUT2D eigenvalue weighted by molar-refractivity contribution is -0.117. The first kappa shape index (κ1) is 21.1. The number of imidazole rings is 1. The van der Waals surface area contributed by atoms with Crippen molar-refractivity contribution in [3.63, 3.8) is 0 Å². The number of nitrogens with one attached hydrogen (secondary N) is 1. The highest BCUT2D eigenvalue weighted by Crippen LogP contribution is 2.15. The van der Waals surface area contributed by atoms with Gasteiger partial charge in [0.2, 0.25) is 5.91 Å². The molecule has 0 aliphatic rings. The van der Waals surface area contributed by atoms with Crippen molar-refractivity contribution in [2.75, 3.05) is 6.54 Å². The van der Waals surface area contributed by atoms with Crippen LogP contribution in [0.15, 0.2) is 67.0 Å². The number of ether oxygens (including phenoxy) is 1. The van der Waals surface area contributed by atoms with Gasteiger partial charge in [-0.15, -0.1) is 0 Å². The molecule has 30 heavy (non-hydrogen) atoms. The first-order valence-corrected chi connectivity index (χ1v) is 9.79. The van der Waals surface area contributed by atoms with Crippen molar-refractivity contribution in [2.24, 2.45) is 5.73 Å². The Hall–Kier alpha value is -3.61. The van der Waals surface area contributed by atoms with E-state index in [1.807, 2.05) is 54.6 Å². The van der Waals surface area contributed by atoms with Gasteiger partial charge in [-0.3, -0.25) is 9.59 Å². The molecule has 155 valence electrons. The molecule has 3 N–H and O–H groups in total. The number of aromatic nitrogens is 2. The lowest BCUT2D eigenvalue weighted by Crippen LogP contribution is -2.26. The summed E-state index contributed by atoms with van der Waals surface area (Å²) in [6.45, 7) is 1.58. The van der Waals surface area contributed by atoms with E-state index in [0.717, 1.165) is 16.9 Å². The lowest BCUT2D eigenvalue weighted by atomic mass is 10.1. The molecular formula is C23H25N4O3. The number of aryl methyl sites for hydroxylation is 1. The Balaban J connectivity index is 1.33. The zero-order chi connectivity index (χ0) is 21.2. The highest BCUT2D eigenvalue weighted by Gasteiger charge is 2.08. The Morgan fingerprint density at radius 3 is 2.57 bits per heavy atom. The van der Waals surface area contributed by atoms with Crippen LogP contribution in [0.5, 0.6) is 5.75 Å². The molecule has 0 atom stereocenters. The van der Waals surface area contributed by atoms with Crippen LogP contribution < -0.4 is 15.8 Å². The second-order valence-corrected chi connectivity index (χ2v) is 6.78. The fourth-order valence-corrected chi connectivity index (χ4v) is 2.92. The van der Waals surface area contributed by atoms with Crippen molar-refractivity contribution in [1.29, 1.82) is 0 Å². The Morgan fingerprint density at radius 1 is 1.07 bits per heavy atom. The van der Waals surface area contributed by atoms with E-state index in [4.69, 9.17) is 10.5 Å². The van der Waals surface area contributed by atoms with Crippen LogP contribution in [-0.4, -0.2) is 27.9 Å². The summed E-state index contributed by atoms with van der Waals surface area (Å²) in [7, 11) is 0. The molecule has 0 fully saturated rings.